The Morgan fingerprint density at radius 3 is 2.91 bits per heavy atom. The number of aromatic nitrogens is 2. The fourth-order valence-corrected chi connectivity index (χ4v) is 2.38. The zero-order valence-electron chi connectivity index (χ0n) is 12.1. The Hall–Kier alpha value is -2.26. The number of H-pyrrole nitrogens is 1. The highest BCUT2D eigenvalue weighted by molar-refractivity contribution is 7.99. The van der Waals surface area contributed by atoms with Gasteiger partial charge in [-0.05, 0) is 12.1 Å². The normalized spacial score (nSPS) is 10.6. The second-order valence-electron chi connectivity index (χ2n) is 4.44. The van der Waals surface area contributed by atoms with E-state index in [1.54, 1.807) is 0 Å². The van der Waals surface area contributed by atoms with Crippen molar-refractivity contribution in [2.75, 3.05) is 18.2 Å². The van der Waals surface area contributed by atoms with Gasteiger partial charge in [-0.2, -0.15) is 0 Å². The van der Waals surface area contributed by atoms with Crippen LogP contribution in [0.4, 0.5) is 14.5 Å². The molecule has 0 spiro atoms. The lowest BCUT2D eigenvalue weighted by molar-refractivity contribution is -0.113. The van der Waals surface area contributed by atoms with E-state index in [1.165, 1.54) is 13.2 Å². The summed E-state index contributed by atoms with van der Waals surface area (Å²) in [5.41, 5.74) is -0.188. The first kappa shape index (κ1) is 17.1. The molecule has 122 valence electrons. The number of carbonyl (C=O) groups excluding carboxylic acids is 1. The van der Waals surface area contributed by atoms with Gasteiger partial charge in [0, 0.05) is 19.2 Å². The molecule has 2 aromatic rings. The number of methoxy groups -OCH3 is 1. The smallest absolute Gasteiger partial charge is 0.251 e. The molecule has 1 aromatic carbocycles. The van der Waals surface area contributed by atoms with Crippen LogP contribution < -0.4 is 10.9 Å². The number of carbonyl (C=O) groups is 1. The van der Waals surface area contributed by atoms with Gasteiger partial charge in [0.2, 0.25) is 5.91 Å². The highest BCUT2D eigenvalue weighted by atomic mass is 32.2. The Kier molecular flexibility index (Phi) is 5.83. The molecule has 1 heterocycles. The molecule has 0 saturated heterocycles. The van der Waals surface area contributed by atoms with Gasteiger partial charge in [0.15, 0.2) is 5.16 Å². The fourth-order valence-electron chi connectivity index (χ4n) is 1.69. The van der Waals surface area contributed by atoms with Crippen molar-refractivity contribution >= 4 is 23.4 Å². The molecule has 0 radical (unpaired) electrons. The van der Waals surface area contributed by atoms with Crippen LogP contribution >= 0.6 is 11.8 Å². The topological polar surface area (TPSA) is 84.1 Å². The molecule has 0 fully saturated rings. The van der Waals surface area contributed by atoms with Crippen LogP contribution in [-0.2, 0) is 16.1 Å². The number of benzene rings is 1. The molecular weight excluding hydrogens is 328 g/mol. The van der Waals surface area contributed by atoms with Crippen LogP contribution in [0.2, 0.25) is 0 Å². The maximum absolute atomic E-state index is 13.4. The summed E-state index contributed by atoms with van der Waals surface area (Å²) < 4.78 is 31.3. The molecule has 0 aliphatic carbocycles. The third kappa shape index (κ3) is 5.15. The van der Waals surface area contributed by atoms with E-state index in [4.69, 9.17) is 4.74 Å². The molecule has 1 amide bonds. The second kappa shape index (κ2) is 7.84. The lowest BCUT2D eigenvalue weighted by Crippen LogP contribution is -2.16. The Morgan fingerprint density at radius 2 is 2.17 bits per heavy atom. The molecule has 0 bridgehead atoms. The number of aromatic amines is 1. The molecule has 2 N–H and O–H groups in total. The third-order valence-electron chi connectivity index (χ3n) is 2.61. The summed E-state index contributed by atoms with van der Waals surface area (Å²) in [6, 6.07) is 4.05. The first-order valence-corrected chi connectivity index (χ1v) is 7.43. The minimum Gasteiger partial charge on any atom is -0.378 e. The lowest BCUT2D eigenvalue weighted by atomic mass is 10.3. The number of rotatable bonds is 6. The molecule has 23 heavy (non-hydrogen) atoms. The SMILES string of the molecule is COCc1cc(=O)[nH]c(SCC(=O)Nc2cc(F)ccc2F)n1. The van der Waals surface area contributed by atoms with Crippen molar-refractivity contribution in [2.24, 2.45) is 0 Å². The molecule has 0 unspecified atom stereocenters. The summed E-state index contributed by atoms with van der Waals surface area (Å²) in [7, 11) is 1.47. The highest BCUT2D eigenvalue weighted by Crippen LogP contribution is 2.17. The van der Waals surface area contributed by atoms with E-state index in [2.05, 4.69) is 15.3 Å². The van der Waals surface area contributed by atoms with E-state index in [0.717, 1.165) is 30.0 Å². The first-order chi connectivity index (χ1) is 11.0. The van der Waals surface area contributed by atoms with Gasteiger partial charge in [0.25, 0.3) is 5.56 Å². The van der Waals surface area contributed by atoms with Crippen LogP contribution in [0.1, 0.15) is 5.69 Å². The van der Waals surface area contributed by atoms with Gasteiger partial charge < -0.3 is 15.0 Å². The number of halogens is 2. The Morgan fingerprint density at radius 1 is 1.39 bits per heavy atom. The van der Waals surface area contributed by atoms with Crippen LogP contribution in [0.15, 0.2) is 34.2 Å². The van der Waals surface area contributed by atoms with Gasteiger partial charge in [0.1, 0.15) is 11.6 Å². The molecule has 0 aliphatic heterocycles. The number of nitrogens with one attached hydrogen (secondary N) is 2. The van der Waals surface area contributed by atoms with Crippen LogP contribution in [-0.4, -0.2) is 28.7 Å². The fraction of sp³-hybridized carbons (Fsp3) is 0.214. The molecule has 6 nitrogen and oxygen atoms in total. The molecule has 9 heteroatoms. The minimum atomic E-state index is -0.738. The molecule has 0 atom stereocenters. The number of thioether (sulfide) groups is 1. The van der Waals surface area contributed by atoms with Crippen molar-refractivity contribution in [3.63, 3.8) is 0 Å². The van der Waals surface area contributed by atoms with E-state index < -0.39 is 17.5 Å². The number of ether oxygens (including phenoxy) is 1. The molecule has 2 rings (SSSR count). The van der Waals surface area contributed by atoms with Crippen molar-refractivity contribution in [3.8, 4) is 0 Å². The van der Waals surface area contributed by atoms with E-state index in [0.29, 0.717) is 5.69 Å². The van der Waals surface area contributed by atoms with Crippen LogP contribution in [0.3, 0.4) is 0 Å². The Balaban J connectivity index is 1.99. The average molecular weight is 341 g/mol. The monoisotopic (exact) mass is 341 g/mol. The Bertz CT molecular complexity index is 767. The number of hydrogen-bond acceptors (Lipinski definition) is 5. The van der Waals surface area contributed by atoms with E-state index in [1.807, 2.05) is 0 Å². The summed E-state index contributed by atoms with van der Waals surface area (Å²) in [4.78, 5) is 29.8. The summed E-state index contributed by atoms with van der Waals surface area (Å²) in [6.45, 7) is 0.165. The average Bonchev–Trinajstić information content (AvgIpc) is 2.49. The van der Waals surface area contributed by atoms with Crippen LogP contribution in [0.25, 0.3) is 0 Å². The standard InChI is InChI=1S/C14H13F2N3O3S/c1-22-6-9-5-12(20)19-14(17-9)23-7-13(21)18-11-4-8(15)2-3-10(11)16/h2-5H,6-7H2,1H3,(H,18,21)(H,17,19,20). The van der Waals surface area contributed by atoms with Gasteiger partial charge in [-0.15, -0.1) is 0 Å². The van der Waals surface area contributed by atoms with Crippen molar-refractivity contribution in [2.45, 2.75) is 11.8 Å². The van der Waals surface area contributed by atoms with Crippen molar-refractivity contribution in [1.82, 2.24) is 9.97 Å². The van der Waals surface area contributed by atoms with Gasteiger partial charge in [-0.25, -0.2) is 13.8 Å². The van der Waals surface area contributed by atoms with Crippen molar-refractivity contribution in [3.05, 3.63) is 51.9 Å². The van der Waals surface area contributed by atoms with Gasteiger partial charge in [-0.1, -0.05) is 11.8 Å². The maximum atomic E-state index is 13.4. The first-order valence-electron chi connectivity index (χ1n) is 6.45. The zero-order valence-corrected chi connectivity index (χ0v) is 12.9. The predicted octanol–water partition coefficient (Wildman–Crippen LogP) is 1.93. The number of anilines is 1. The summed E-state index contributed by atoms with van der Waals surface area (Å²) >= 11 is 0.962. The van der Waals surface area contributed by atoms with Crippen LogP contribution in [0, 0.1) is 11.6 Å². The minimum absolute atomic E-state index is 0.130. The van der Waals surface area contributed by atoms with Gasteiger partial charge >= 0.3 is 0 Å². The number of amides is 1. The largest absolute Gasteiger partial charge is 0.378 e. The highest BCUT2D eigenvalue weighted by Gasteiger charge is 2.10. The van der Waals surface area contributed by atoms with E-state index in [9.17, 15) is 18.4 Å². The second-order valence-corrected chi connectivity index (χ2v) is 5.40. The lowest BCUT2D eigenvalue weighted by Gasteiger charge is -2.06. The third-order valence-corrected chi connectivity index (χ3v) is 3.48. The summed E-state index contributed by atoms with van der Waals surface area (Å²) in [5.74, 6) is -2.08. The van der Waals surface area contributed by atoms with E-state index >= 15 is 0 Å². The Labute approximate surface area is 134 Å². The predicted molar refractivity (Wildman–Crippen MR) is 81.3 cm³/mol. The summed E-state index contributed by atoms with van der Waals surface area (Å²) in [6.07, 6.45) is 0. The van der Waals surface area contributed by atoms with Gasteiger partial charge in [-0.3, -0.25) is 9.59 Å². The molecule has 1 aromatic heterocycles. The van der Waals surface area contributed by atoms with Gasteiger partial charge in [0.05, 0.1) is 23.7 Å². The van der Waals surface area contributed by atoms with Crippen molar-refractivity contribution < 1.29 is 18.3 Å². The number of hydrogen-bond donors (Lipinski definition) is 2. The zero-order chi connectivity index (χ0) is 16.8. The van der Waals surface area contributed by atoms with Crippen molar-refractivity contribution in [1.29, 1.82) is 0 Å². The van der Waals surface area contributed by atoms with E-state index in [-0.39, 0.29) is 28.8 Å². The quantitative estimate of drug-likeness (QED) is 0.619. The molecular formula is C14H13F2N3O3S. The number of nitrogens with zero attached hydrogens (tertiary/aromatic N) is 1. The maximum Gasteiger partial charge on any atom is 0.251 e. The molecule has 0 aliphatic rings. The van der Waals surface area contributed by atoms with Crippen LogP contribution in [0.5, 0.6) is 0 Å². The summed E-state index contributed by atoms with van der Waals surface area (Å²) in [5, 5.41) is 2.49. The molecule has 0 saturated carbocycles.